The van der Waals surface area contributed by atoms with Gasteiger partial charge in [0.25, 0.3) is 5.91 Å². The van der Waals surface area contributed by atoms with Crippen LogP contribution in [0.5, 0.6) is 0 Å². The highest BCUT2D eigenvalue weighted by Crippen LogP contribution is 2.39. The zero-order valence-electron chi connectivity index (χ0n) is 20.4. The van der Waals surface area contributed by atoms with E-state index in [0.717, 1.165) is 39.0 Å². The van der Waals surface area contributed by atoms with Crippen LogP contribution in [-0.4, -0.2) is 16.8 Å². The molecule has 0 bridgehead atoms. The van der Waals surface area contributed by atoms with Crippen LogP contribution in [0.1, 0.15) is 29.3 Å². The Kier molecular flexibility index (Phi) is 5.69. The fourth-order valence-electron chi connectivity index (χ4n) is 4.75. The van der Waals surface area contributed by atoms with Crippen molar-refractivity contribution in [1.29, 1.82) is 0 Å². The number of hydrogen-bond acceptors (Lipinski definition) is 3. The first-order valence-electron chi connectivity index (χ1n) is 12.4. The van der Waals surface area contributed by atoms with E-state index in [4.69, 9.17) is 0 Å². The number of nitrogens with zero attached hydrogens (tertiary/aromatic N) is 1. The van der Waals surface area contributed by atoms with Gasteiger partial charge in [0, 0.05) is 23.8 Å². The van der Waals surface area contributed by atoms with E-state index in [9.17, 15) is 9.59 Å². The molecule has 0 unspecified atom stereocenters. The Bertz CT molecular complexity index is 1640. The average Bonchev–Trinajstić information content (AvgIpc) is 3.37. The normalized spacial score (nSPS) is 12.5. The number of anilines is 4. The van der Waals surface area contributed by atoms with Crippen LogP contribution in [0.2, 0.25) is 0 Å². The van der Waals surface area contributed by atoms with E-state index in [2.05, 4.69) is 33.8 Å². The van der Waals surface area contributed by atoms with Gasteiger partial charge in [-0.1, -0.05) is 49.4 Å². The second-order valence-electron chi connectivity index (χ2n) is 9.18. The van der Waals surface area contributed by atoms with Crippen molar-refractivity contribution >= 4 is 45.5 Å². The summed E-state index contributed by atoms with van der Waals surface area (Å²) in [6.45, 7) is 2.21. The molecule has 0 radical (unpaired) electrons. The molecule has 0 spiro atoms. The Hall–Kier alpha value is -4.84. The van der Waals surface area contributed by atoms with Gasteiger partial charge in [-0.05, 0) is 70.6 Å². The molecule has 37 heavy (non-hydrogen) atoms. The van der Waals surface area contributed by atoms with E-state index in [-0.39, 0.29) is 11.8 Å². The second-order valence-corrected chi connectivity index (χ2v) is 9.18. The number of carbonyl (C=O) groups excluding carboxylic acids is 2. The van der Waals surface area contributed by atoms with Crippen LogP contribution < -0.4 is 15.5 Å². The quantitative estimate of drug-likeness (QED) is 0.248. The summed E-state index contributed by atoms with van der Waals surface area (Å²) in [5.74, 6) is -0.177. The molecule has 1 aliphatic heterocycles. The van der Waals surface area contributed by atoms with Crippen LogP contribution in [0.25, 0.3) is 22.0 Å². The standard InChI is InChI=1S/C31H26N4O2/c1-2-30(36)33-24-10-13-28-29(18-24)35(19-20-6-4-3-5-7-20)31(37)25-17-22(9-12-27(25)34-28)21-8-11-26-23(16-21)14-15-32-26/h3-18,32,34H,2,19H2,1H3,(H,33,36). The van der Waals surface area contributed by atoms with Crippen molar-refractivity contribution in [2.45, 2.75) is 19.9 Å². The predicted molar refractivity (Wildman–Crippen MR) is 149 cm³/mol. The fourth-order valence-corrected chi connectivity index (χ4v) is 4.75. The fraction of sp³-hybridized carbons (Fsp3) is 0.0968. The van der Waals surface area contributed by atoms with Gasteiger partial charge in [0.15, 0.2) is 0 Å². The lowest BCUT2D eigenvalue weighted by atomic mass is 10.00. The molecule has 2 amide bonds. The third-order valence-corrected chi connectivity index (χ3v) is 6.73. The Labute approximate surface area is 214 Å². The number of fused-ring (bicyclic) bond motifs is 3. The van der Waals surface area contributed by atoms with E-state index in [1.165, 1.54) is 0 Å². The Morgan fingerprint density at radius 1 is 0.865 bits per heavy atom. The van der Waals surface area contributed by atoms with Gasteiger partial charge in [-0.2, -0.15) is 0 Å². The monoisotopic (exact) mass is 486 g/mol. The number of amides is 2. The molecule has 0 saturated heterocycles. The van der Waals surface area contributed by atoms with Gasteiger partial charge in [0.2, 0.25) is 5.91 Å². The summed E-state index contributed by atoms with van der Waals surface area (Å²) in [6.07, 6.45) is 2.31. The predicted octanol–water partition coefficient (Wildman–Crippen LogP) is 7.09. The summed E-state index contributed by atoms with van der Waals surface area (Å²) >= 11 is 0. The van der Waals surface area contributed by atoms with Gasteiger partial charge < -0.3 is 20.5 Å². The van der Waals surface area contributed by atoms with Gasteiger partial charge in [0.05, 0.1) is 29.2 Å². The van der Waals surface area contributed by atoms with Crippen molar-refractivity contribution < 1.29 is 9.59 Å². The highest BCUT2D eigenvalue weighted by atomic mass is 16.2. The highest BCUT2D eigenvalue weighted by Gasteiger charge is 2.28. The number of benzene rings is 4. The number of aromatic nitrogens is 1. The summed E-state index contributed by atoms with van der Waals surface area (Å²) < 4.78 is 0. The van der Waals surface area contributed by atoms with Gasteiger partial charge in [-0.25, -0.2) is 0 Å². The van der Waals surface area contributed by atoms with Gasteiger partial charge in [0.1, 0.15) is 0 Å². The molecule has 5 aromatic rings. The van der Waals surface area contributed by atoms with Crippen molar-refractivity contribution in [3.05, 3.63) is 108 Å². The summed E-state index contributed by atoms with van der Waals surface area (Å²) in [7, 11) is 0. The maximum Gasteiger partial charge on any atom is 0.260 e. The molecule has 6 rings (SSSR count). The topological polar surface area (TPSA) is 77.2 Å². The third kappa shape index (κ3) is 4.34. The van der Waals surface area contributed by atoms with Crippen LogP contribution in [0.4, 0.5) is 22.7 Å². The lowest BCUT2D eigenvalue weighted by molar-refractivity contribution is -0.115. The minimum absolute atomic E-state index is 0.0743. The molecule has 4 aromatic carbocycles. The molecule has 1 aromatic heterocycles. The van der Waals surface area contributed by atoms with Crippen molar-refractivity contribution in [3.63, 3.8) is 0 Å². The average molecular weight is 487 g/mol. The summed E-state index contributed by atoms with van der Waals surface area (Å²) in [6, 6.07) is 29.8. The molecule has 0 saturated carbocycles. The molecule has 0 fully saturated rings. The third-order valence-electron chi connectivity index (χ3n) is 6.73. The minimum atomic E-state index is -0.103. The first kappa shape index (κ1) is 22.6. The number of H-pyrrole nitrogens is 1. The van der Waals surface area contributed by atoms with E-state index in [0.29, 0.717) is 29.9 Å². The highest BCUT2D eigenvalue weighted by molar-refractivity contribution is 6.14. The molecule has 0 aliphatic carbocycles. The number of aromatic amines is 1. The smallest absolute Gasteiger partial charge is 0.260 e. The van der Waals surface area contributed by atoms with Crippen LogP contribution in [0.15, 0.2) is 97.2 Å². The van der Waals surface area contributed by atoms with Crippen molar-refractivity contribution in [3.8, 4) is 11.1 Å². The van der Waals surface area contributed by atoms with Crippen LogP contribution >= 0.6 is 0 Å². The Morgan fingerprint density at radius 2 is 1.65 bits per heavy atom. The Morgan fingerprint density at radius 3 is 2.49 bits per heavy atom. The molecule has 1 aliphatic rings. The largest absolute Gasteiger partial charge is 0.361 e. The first-order chi connectivity index (χ1) is 18.1. The molecular weight excluding hydrogens is 460 g/mol. The lowest BCUT2D eigenvalue weighted by Crippen LogP contribution is -2.30. The van der Waals surface area contributed by atoms with Gasteiger partial charge >= 0.3 is 0 Å². The molecule has 6 heteroatoms. The number of hydrogen-bond donors (Lipinski definition) is 3. The van der Waals surface area contributed by atoms with E-state index >= 15 is 0 Å². The molecule has 0 atom stereocenters. The SMILES string of the molecule is CCC(=O)Nc1ccc2c(c1)N(Cc1ccccc1)C(=O)c1cc(-c3ccc4[nH]ccc4c3)ccc1N2. The van der Waals surface area contributed by atoms with E-state index < -0.39 is 0 Å². The zero-order valence-corrected chi connectivity index (χ0v) is 20.4. The van der Waals surface area contributed by atoms with Crippen LogP contribution in [0, 0.1) is 0 Å². The number of carbonyl (C=O) groups is 2. The van der Waals surface area contributed by atoms with E-state index in [1.807, 2.05) is 85.9 Å². The summed E-state index contributed by atoms with van der Waals surface area (Å²) in [5, 5.41) is 7.51. The molecule has 3 N–H and O–H groups in total. The van der Waals surface area contributed by atoms with Crippen molar-refractivity contribution in [2.24, 2.45) is 0 Å². The maximum atomic E-state index is 14.1. The zero-order chi connectivity index (χ0) is 25.4. The first-order valence-corrected chi connectivity index (χ1v) is 12.4. The lowest BCUT2D eigenvalue weighted by Gasteiger charge is -2.24. The van der Waals surface area contributed by atoms with Gasteiger partial charge in [-0.3, -0.25) is 9.59 Å². The Balaban J connectivity index is 1.45. The second kappa shape index (κ2) is 9.32. The maximum absolute atomic E-state index is 14.1. The molecule has 2 heterocycles. The summed E-state index contributed by atoms with van der Waals surface area (Å²) in [4.78, 5) is 31.2. The van der Waals surface area contributed by atoms with Crippen LogP contribution in [-0.2, 0) is 11.3 Å². The molecule has 6 nitrogen and oxygen atoms in total. The minimum Gasteiger partial charge on any atom is -0.361 e. The number of nitrogens with one attached hydrogen (secondary N) is 3. The van der Waals surface area contributed by atoms with Gasteiger partial charge in [-0.15, -0.1) is 0 Å². The van der Waals surface area contributed by atoms with Crippen molar-refractivity contribution in [2.75, 3.05) is 15.5 Å². The van der Waals surface area contributed by atoms with E-state index in [1.54, 1.807) is 4.90 Å². The molecular formula is C31H26N4O2. The van der Waals surface area contributed by atoms with Crippen molar-refractivity contribution in [1.82, 2.24) is 4.98 Å². The van der Waals surface area contributed by atoms with Crippen LogP contribution in [0.3, 0.4) is 0 Å². The molecule has 182 valence electrons. The number of rotatable bonds is 5. The summed E-state index contributed by atoms with van der Waals surface area (Å²) in [5.41, 5.74) is 7.63.